The number of nitrogens with two attached hydrogens (primary N) is 1. The molecule has 2 aromatic heterocycles. The summed E-state index contributed by atoms with van der Waals surface area (Å²) in [5.41, 5.74) is 9.34. The van der Waals surface area contributed by atoms with Gasteiger partial charge in [-0.05, 0) is 54.2 Å². The fourth-order valence-electron chi connectivity index (χ4n) is 9.55. The number of guanidine groups is 1. The van der Waals surface area contributed by atoms with Crippen molar-refractivity contribution in [1.29, 1.82) is 21.6 Å². The van der Waals surface area contributed by atoms with Crippen LogP contribution in [0.5, 0.6) is 0 Å². The van der Waals surface area contributed by atoms with Gasteiger partial charge in [0.25, 0.3) is 0 Å². The molecule has 0 aliphatic carbocycles. The number of nitrogens with one attached hydrogen (secondary N) is 7. The van der Waals surface area contributed by atoms with Crippen LogP contribution in [-0.2, 0) is 25.7 Å². The van der Waals surface area contributed by atoms with Crippen LogP contribution in [0.3, 0.4) is 0 Å². The molecule has 0 bridgehead atoms. The molecular formula is C63H78N18O13. The summed E-state index contributed by atoms with van der Waals surface area (Å²) < 4.78 is 0. The Hall–Kier alpha value is -11.7. The number of aliphatic hydroxyl groups is 13. The van der Waals surface area contributed by atoms with Crippen molar-refractivity contribution in [2.75, 3.05) is 19.6 Å². The van der Waals surface area contributed by atoms with E-state index < -0.39 is 151 Å². The molecule has 498 valence electrons. The van der Waals surface area contributed by atoms with Gasteiger partial charge in [-0.3, -0.25) is 21.6 Å². The molecule has 0 saturated carbocycles. The molecule has 0 aliphatic heterocycles. The van der Waals surface area contributed by atoms with Gasteiger partial charge >= 0.3 is 0 Å². The van der Waals surface area contributed by atoms with Gasteiger partial charge in [0.1, 0.15) is 61.4 Å². The number of H-pyrrole nitrogens is 2. The van der Waals surface area contributed by atoms with E-state index in [4.69, 9.17) is 27.4 Å². The molecule has 0 fully saturated rings. The van der Waals surface area contributed by atoms with E-state index in [1.807, 2.05) is 18.2 Å². The van der Waals surface area contributed by atoms with Crippen LogP contribution in [0.2, 0.25) is 0 Å². The van der Waals surface area contributed by atoms with Crippen molar-refractivity contribution in [3.63, 3.8) is 0 Å². The lowest BCUT2D eigenvalue weighted by atomic mass is 10.0. The third-order valence-corrected chi connectivity index (χ3v) is 14.1. The number of nitrogens with zero attached hydrogens (tertiary/aromatic N) is 10. The number of aliphatic hydroxyl groups excluding tert-OH is 13. The lowest BCUT2D eigenvalue weighted by Crippen LogP contribution is -2.33. The second-order valence-corrected chi connectivity index (χ2v) is 21.5. The summed E-state index contributed by atoms with van der Waals surface area (Å²) >= 11 is 0. The minimum atomic E-state index is -1.77. The number of fused-ring (bicyclic) bond motifs is 2. The minimum absolute atomic E-state index is 0.0102. The Morgan fingerprint density at radius 3 is 1.31 bits per heavy atom. The quantitative estimate of drug-likeness (QED) is 0.0100. The monoisotopic (exact) mass is 1290 g/mol. The van der Waals surface area contributed by atoms with Crippen molar-refractivity contribution in [3.05, 3.63) is 144 Å². The lowest BCUT2D eigenvalue weighted by Gasteiger charge is -2.18. The SMILES string of the molecule is CC(O)=N[C@H](C)C(O)=N[C@@H](CC(=N)O)C(O)=N[C@@H](Cc1c[nH]c2ccccc12)C(O)=N[C@@H](CC(=N)O)C(O)=NCC(O)=N[C@@H](Cc1ccccc1)C(O)=NCC(O)=N[C@H](Cc1c[nH]c2ccccc12)C(O)=N[C@@H](CCCNC(=N)N)C(O)=N[C@@H](Cc1ccccc1)C(=N)O. The first kappa shape index (κ1) is 71.4. The Balaban J connectivity index is 1.32. The maximum Gasteiger partial charge on any atom is 0.207 e. The Morgan fingerprint density at radius 1 is 0.447 bits per heavy atom. The molecule has 0 amide bonds. The largest absolute Gasteiger partial charge is 0.497 e. The zero-order valence-electron chi connectivity index (χ0n) is 51.3. The standard InChI is InChI=1S/C63H78N18O13/c1-34(74-35(2)82)56(88)79-50(29-52(65)84)62(94)80-48(27-39-31-71-43-21-12-10-19-41(39)43)61(93)81-49(28-51(64)83)58(90)73-32-53(85)75-46(25-37-16-7-4-8-17-37)57(89)72-33-54(86)76-47(26-38-30-70-42-20-11-9-18-40(38)42)60(92)77-44(22-13-23-69-63(67)68)59(91)78-45(55(66)87)24-36-14-5-3-6-15-36/h3-12,14-21,30-31,34,44-50,70-71H,13,22-29,32-33H2,1-2H3,(H2,64,83)(H2,65,84)(H2,66,87)(H,72,89)(H,73,90)(H,74,82)(H,75,85)(H,76,86)(H,77,92)(H,78,91)(H,79,88)(H,80,94)(H,81,93)(H4,67,68,69)/t34-,44+,45+,46+,47-,48+,49+,50+/m1/s1. The molecule has 0 saturated heterocycles. The molecule has 0 unspecified atom stereocenters. The molecule has 8 atom stereocenters. The van der Waals surface area contributed by atoms with Gasteiger partial charge in [0.05, 0.1) is 12.8 Å². The molecule has 31 nitrogen and oxygen atoms in total. The predicted octanol–water partition coefficient (Wildman–Crippen LogP) is 8.12. The molecular weight excluding hydrogens is 1220 g/mol. The Bertz CT molecular complexity index is 3890. The summed E-state index contributed by atoms with van der Waals surface area (Å²) in [6, 6.07) is 20.2. The molecule has 4 aromatic carbocycles. The predicted molar refractivity (Wildman–Crippen MR) is 366 cm³/mol. The van der Waals surface area contributed by atoms with Gasteiger partial charge in [-0.2, -0.15) is 0 Å². The van der Waals surface area contributed by atoms with E-state index in [1.54, 1.807) is 103 Å². The minimum Gasteiger partial charge on any atom is -0.497 e. The highest BCUT2D eigenvalue weighted by atomic mass is 16.3. The van der Waals surface area contributed by atoms with E-state index in [-0.39, 0.29) is 51.0 Å². The molecule has 31 heteroatoms. The van der Waals surface area contributed by atoms with Crippen molar-refractivity contribution >= 4 is 104 Å². The van der Waals surface area contributed by atoms with Gasteiger partial charge in [-0.25, -0.2) is 49.9 Å². The van der Waals surface area contributed by atoms with Crippen molar-refractivity contribution in [2.24, 2.45) is 55.7 Å². The zero-order chi connectivity index (χ0) is 68.4. The van der Waals surface area contributed by atoms with Crippen LogP contribution >= 0.6 is 0 Å². The highest BCUT2D eigenvalue weighted by Gasteiger charge is 2.29. The average Bonchev–Trinajstić information content (AvgIpc) is 1.65. The second kappa shape index (κ2) is 35.1. The zero-order valence-corrected chi connectivity index (χ0v) is 51.3. The molecule has 0 radical (unpaired) electrons. The topological polar surface area (TPSA) is 552 Å². The highest BCUT2D eigenvalue weighted by Crippen LogP contribution is 2.24. The van der Waals surface area contributed by atoms with E-state index in [0.717, 1.165) is 10.9 Å². The molecule has 94 heavy (non-hydrogen) atoms. The van der Waals surface area contributed by atoms with Gasteiger partial charge in [-0.15, -0.1) is 0 Å². The van der Waals surface area contributed by atoms with Crippen LogP contribution in [0, 0.1) is 21.6 Å². The van der Waals surface area contributed by atoms with E-state index in [9.17, 15) is 66.4 Å². The lowest BCUT2D eigenvalue weighted by molar-refractivity contribution is 0.457. The number of aromatic nitrogens is 2. The maximum atomic E-state index is 11.9. The fraction of sp³-hybridized carbons (Fsp3) is 0.333. The highest BCUT2D eigenvalue weighted by molar-refractivity contribution is 5.96. The first-order valence-corrected chi connectivity index (χ1v) is 29.4. The van der Waals surface area contributed by atoms with E-state index in [1.165, 1.54) is 13.8 Å². The Labute approximate surface area is 538 Å². The number of aromatic amines is 2. The molecule has 22 N–H and O–H groups in total. The number of aliphatic imine (C=N–C) groups is 10. The fourth-order valence-corrected chi connectivity index (χ4v) is 9.55. The number of hydrogen-bond donors (Lipinski definition) is 21. The Morgan fingerprint density at radius 2 is 0.830 bits per heavy atom. The van der Waals surface area contributed by atoms with E-state index >= 15 is 0 Å². The van der Waals surface area contributed by atoms with Crippen LogP contribution in [-0.4, -0.2) is 227 Å². The first-order valence-electron chi connectivity index (χ1n) is 29.4. The van der Waals surface area contributed by atoms with Crippen LogP contribution in [0.4, 0.5) is 0 Å². The molecule has 0 aliphatic rings. The molecule has 2 heterocycles. The van der Waals surface area contributed by atoms with Gasteiger partial charge in [0.2, 0.25) is 59.0 Å². The van der Waals surface area contributed by atoms with E-state index in [0.29, 0.717) is 33.2 Å². The summed E-state index contributed by atoms with van der Waals surface area (Å²) in [5.74, 6) is -10.8. The van der Waals surface area contributed by atoms with Gasteiger partial charge in [0, 0.05) is 73.4 Å². The van der Waals surface area contributed by atoms with Crippen molar-refractivity contribution < 1.29 is 66.4 Å². The normalized spacial score (nSPS) is 16.2. The number of rotatable bonds is 36. The third-order valence-electron chi connectivity index (χ3n) is 14.1. The van der Waals surface area contributed by atoms with Crippen molar-refractivity contribution in [3.8, 4) is 0 Å². The first-order chi connectivity index (χ1) is 44.8. The Kier molecular flexibility index (Phi) is 26.6. The summed E-state index contributed by atoms with van der Waals surface area (Å²) in [7, 11) is 0. The molecule has 0 spiro atoms. The average molecular weight is 1300 g/mol. The van der Waals surface area contributed by atoms with Gasteiger partial charge in [0.15, 0.2) is 23.7 Å². The second-order valence-electron chi connectivity index (χ2n) is 21.5. The molecule has 6 rings (SSSR count). The summed E-state index contributed by atoms with van der Waals surface area (Å²) in [6.07, 6.45) is 1.57. The van der Waals surface area contributed by atoms with E-state index in [2.05, 4.69) is 65.2 Å². The van der Waals surface area contributed by atoms with Crippen LogP contribution < -0.4 is 11.1 Å². The molecule has 6 aromatic rings. The summed E-state index contributed by atoms with van der Waals surface area (Å²) in [6.45, 7) is 1.18. The van der Waals surface area contributed by atoms with Crippen molar-refractivity contribution in [2.45, 2.75) is 114 Å². The summed E-state index contributed by atoms with van der Waals surface area (Å²) in [4.78, 5) is 47.6. The van der Waals surface area contributed by atoms with Gasteiger partial charge in [-0.1, -0.05) is 97.1 Å². The van der Waals surface area contributed by atoms with Crippen LogP contribution in [0.15, 0.2) is 172 Å². The summed E-state index contributed by atoms with van der Waals surface area (Å²) in [5, 5.41) is 178. The number of hydrogen-bond acceptors (Lipinski definition) is 14. The number of para-hydroxylation sites is 2. The smallest absolute Gasteiger partial charge is 0.207 e. The van der Waals surface area contributed by atoms with Crippen LogP contribution in [0.1, 0.15) is 61.8 Å². The van der Waals surface area contributed by atoms with Crippen molar-refractivity contribution in [1.82, 2.24) is 15.3 Å². The number of benzene rings is 4. The van der Waals surface area contributed by atoms with Gasteiger partial charge < -0.3 is 87.4 Å². The van der Waals surface area contributed by atoms with Crippen LogP contribution in [0.25, 0.3) is 21.8 Å². The maximum absolute atomic E-state index is 11.9. The third kappa shape index (κ3) is 22.7.